The average Bonchev–Trinajstić information content (AvgIpc) is 1.99. The minimum absolute atomic E-state index is 0.200. The van der Waals surface area contributed by atoms with Crippen LogP contribution in [0.3, 0.4) is 0 Å². The van der Waals surface area contributed by atoms with Crippen molar-refractivity contribution in [1.82, 2.24) is 0 Å². The van der Waals surface area contributed by atoms with Crippen molar-refractivity contribution in [1.29, 1.82) is 0 Å². The number of hydrogen-bond donors (Lipinski definition) is 0. The summed E-state index contributed by atoms with van der Waals surface area (Å²) in [7, 11) is 0. The first-order valence-corrected chi connectivity index (χ1v) is 4.78. The first-order valence-electron chi connectivity index (χ1n) is 4.78. The Labute approximate surface area is 81.0 Å². The second kappa shape index (κ2) is 5.05. The van der Waals surface area contributed by atoms with E-state index < -0.39 is 5.41 Å². The maximum Gasteiger partial charge on any atom is 0.316 e. The Kier molecular flexibility index (Phi) is 4.74. The van der Waals surface area contributed by atoms with Crippen LogP contribution in [0.4, 0.5) is 0 Å². The van der Waals surface area contributed by atoms with Crippen LogP contribution in [0.15, 0.2) is 12.3 Å². The van der Waals surface area contributed by atoms with Crippen LogP contribution in [0, 0.1) is 5.41 Å². The Morgan fingerprint density at radius 3 is 2.31 bits per heavy atom. The van der Waals surface area contributed by atoms with E-state index in [0.29, 0.717) is 5.76 Å². The van der Waals surface area contributed by atoms with Gasteiger partial charge >= 0.3 is 5.97 Å². The van der Waals surface area contributed by atoms with Crippen molar-refractivity contribution in [3.05, 3.63) is 12.3 Å². The molecule has 0 radical (unpaired) electrons. The van der Waals surface area contributed by atoms with Gasteiger partial charge in [-0.1, -0.05) is 19.9 Å². The van der Waals surface area contributed by atoms with Crippen LogP contribution in [0.5, 0.6) is 0 Å². The highest BCUT2D eigenvalue weighted by Crippen LogP contribution is 2.18. The van der Waals surface area contributed by atoms with Crippen molar-refractivity contribution >= 4 is 5.97 Å². The van der Waals surface area contributed by atoms with Crippen molar-refractivity contribution in [3.8, 4) is 0 Å². The van der Waals surface area contributed by atoms with E-state index in [0.717, 1.165) is 19.3 Å². The third-order valence-corrected chi connectivity index (χ3v) is 1.66. The second-order valence-corrected chi connectivity index (χ2v) is 4.28. The topological polar surface area (TPSA) is 26.3 Å². The van der Waals surface area contributed by atoms with Gasteiger partial charge in [-0.3, -0.25) is 4.79 Å². The van der Waals surface area contributed by atoms with Crippen LogP contribution < -0.4 is 0 Å². The van der Waals surface area contributed by atoms with Gasteiger partial charge in [0.2, 0.25) is 0 Å². The molecule has 0 aliphatic heterocycles. The van der Waals surface area contributed by atoms with E-state index in [1.54, 1.807) is 0 Å². The Bertz CT molecular complexity index is 187. The molecule has 0 amide bonds. The largest absolute Gasteiger partial charge is 0.431 e. The van der Waals surface area contributed by atoms with E-state index in [1.165, 1.54) is 0 Å². The van der Waals surface area contributed by atoms with Crippen LogP contribution in [0.2, 0.25) is 0 Å². The molecule has 0 aromatic rings. The molecule has 13 heavy (non-hydrogen) atoms. The van der Waals surface area contributed by atoms with Gasteiger partial charge in [-0.2, -0.15) is 0 Å². The molecule has 0 unspecified atom stereocenters. The Balaban J connectivity index is 3.86. The molecule has 0 bridgehead atoms. The number of allylic oxidation sites excluding steroid dienone is 1. The average molecular weight is 184 g/mol. The van der Waals surface area contributed by atoms with Crippen molar-refractivity contribution in [2.45, 2.75) is 47.0 Å². The van der Waals surface area contributed by atoms with Crippen molar-refractivity contribution in [2.24, 2.45) is 5.41 Å². The number of ether oxygens (including phenoxy) is 1. The van der Waals surface area contributed by atoms with E-state index >= 15 is 0 Å². The molecule has 0 fully saturated rings. The number of rotatable bonds is 4. The normalized spacial score (nSPS) is 11.1. The van der Waals surface area contributed by atoms with Gasteiger partial charge in [0.05, 0.1) is 5.41 Å². The first-order chi connectivity index (χ1) is 5.88. The molecular weight excluding hydrogens is 164 g/mol. The Hall–Kier alpha value is -0.790. The van der Waals surface area contributed by atoms with E-state index in [9.17, 15) is 4.79 Å². The Morgan fingerprint density at radius 1 is 1.38 bits per heavy atom. The summed E-state index contributed by atoms with van der Waals surface area (Å²) in [6, 6.07) is 0. The van der Waals surface area contributed by atoms with Gasteiger partial charge in [0.25, 0.3) is 0 Å². The molecule has 0 saturated heterocycles. The monoisotopic (exact) mass is 184 g/mol. The highest BCUT2D eigenvalue weighted by molar-refractivity contribution is 5.76. The fourth-order valence-corrected chi connectivity index (χ4v) is 0.709. The summed E-state index contributed by atoms with van der Waals surface area (Å²) in [6.45, 7) is 11.3. The summed E-state index contributed by atoms with van der Waals surface area (Å²) in [4.78, 5) is 11.4. The predicted molar refractivity (Wildman–Crippen MR) is 54.2 cm³/mol. The maximum atomic E-state index is 11.4. The van der Waals surface area contributed by atoms with Crippen LogP contribution in [-0.2, 0) is 9.53 Å². The van der Waals surface area contributed by atoms with Crippen LogP contribution in [0.25, 0.3) is 0 Å². The highest BCUT2D eigenvalue weighted by atomic mass is 16.5. The molecule has 2 nitrogen and oxygen atoms in total. The number of unbranched alkanes of at least 4 members (excludes halogenated alkanes) is 1. The van der Waals surface area contributed by atoms with Crippen LogP contribution in [-0.4, -0.2) is 5.97 Å². The molecule has 0 aromatic carbocycles. The van der Waals surface area contributed by atoms with Gasteiger partial charge in [-0.15, -0.1) is 0 Å². The number of hydrogen-bond acceptors (Lipinski definition) is 2. The maximum absolute atomic E-state index is 11.4. The highest BCUT2D eigenvalue weighted by Gasteiger charge is 2.23. The fraction of sp³-hybridized carbons (Fsp3) is 0.727. The first kappa shape index (κ1) is 12.2. The molecule has 0 aromatic heterocycles. The molecule has 0 saturated carbocycles. The van der Waals surface area contributed by atoms with E-state index in [1.807, 2.05) is 20.8 Å². The SMILES string of the molecule is C=C(CCCC)OC(=O)C(C)(C)C. The van der Waals surface area contributed by atoms with Crippen LogP contribution >= 0.6 is 0 Å². The van der Waals surface area contributed by atoms with Gasteiger partial charge in [0, 0.05) is 6.42 Å². The zero-order valence-electron chi connectivity index (χ0n) is 9.14. The second-order valence-electron chi connectivity index (χ2n) is 4.28. The van der Waals surface area contributed by atoms with E-state index in [-0.39, 0.29) is 5.97 Å². The lowest BCUT2D eigenvalue weighted by atomic mass is 9.97. The molecule has 2 heteroatoms. The summed E-state index contributed by atoms with van der Waals surface area (Å²) in [5.74, 6) is 0.385. The summed E-state index contributed by atoms with van der Waals surface area (Å²) in [5.41, 5.74) is -0.435. The summed E-state index contributed by atoms with van der Waals surface area (Å²) >= 11 is 0. The summed E-state index contributed by atoms with van der Waals surface area (Å²) in [6.07, 6.45) is 2.89. The zero-order chi connectivity index (χ0) is 10.5. The molecule has 0 N–H and O–H groups in total. The molecule has 0 spiro atoms. The van der Waals surface area contributed by atoms with Gasteiger partial charge in [0.1, 0.15) is 5.76 Å². The van der Waals surface area contributed by atoms with Crippen molar-refractivity contribution in [3.63, 3.8) is 0 Å². The van der Waals surface area contributed by atoms with Crippen molar-refractivity contribution in [2.75, 3.05) is 0 Å². The molecule has 0 rings (SSSR count). The molecule has 0 aliphatic rings. The smallest absolute Gasteiger partial charge is 0.316 e. The number of carbonyl (C=O) groups excluding carboxylic acids is 1. The van der Waals surface area contributed by atoms with Crippen molar-refractivity contribution < 1.29 is 9.53 Å². The standard InChI is InChI=1S/C11H20O2/c1-6-7-8-9(2)13-10(12)11(3,4)5/h2,6-8H2,1,3-5H3. The third kappa shape index (κ3) is 5.45. The van der Waals surface area contributed by atoms with Crippen LogP contribution in [0.1, 0.15) is 47.0 Å². The van der Waals surface area contributed by atoms with Gasteiger partial charge in [0.15, 0.2) is 0 Å². The lowest BCUT2D eigenvalue weighted by Gasteiger charge is -2.17. The van der Waals surface area contributed by atoms with Gasteiger partial charge < -0.3 is 4.74 Å². The lowest BCUT2D eigenvalue weighted by molar-refractivity contribution is -0.148. The lowest BCUT2D eigenvalue weighted by Crippen LogP contribution is -2.22. The number of esters is 1. The van der Waals surface area contributed by atoms with Gasteiger partial charge in [-0.05, 0) is 27.2 Å². The minimum atomic E-state index is -0.435. The number of carbonyl (C=O) groups is 1. The zero-order valence-corrected chi connectivity index (χ0v) is 9.14. The summed E-state index contributed by atoms with van der Waals surface area (Å²) in [5, 5.41) is 0. The third-order valence-electron chi connectivity index (χ3n) is 1.66. The molecule has 0 heterocycles. The molecule has 0 aliphatic carbocycles. The summed E-state index contributed by atoms with van der Waals surface area (Å²) < 4.78 is 5.08. The van der Waals surface area contributed by atoms with Gasteiger partial charge in [-0.25, -0.2) is 0 Å². The molecular formula is C11H20O2. The minimum Gasteiger partial charge on any atom is -0.431 e. The Morgan fingerprint density at radius 2 is 1.92 bits per heavy atom. The van der Waals surface area contributed by atoms with E-state index in [2.05, 4.69) is 13.5 Å². The molecule has 76 valence electrons. The molecule has 0 atom stereocenters. The predicted octanol–water partition coefficient (Wildman–Crippen LogP) is 3.28. The fourth-order valence-electron chi connectivity index (χ4n) is 0.709. The quantitative estimate of drug-likeness (QED) is 0.495. The van der Waals surface area contributed by atoms with E-state index in [4.69, 9.17) is 4.74 Å².